The lowest BCUT2D eigenvalue weighted by Crippen LogP contribution is -3.08. The maximum absolute atomic E-state index is 11.4. The van der Waals surface area contributed by atoms with Crippen molar-refractivity contribution in [1.82, 2.24) is 5.32 Å². The van der Waals surface area contributed by atoms with Gasteiger partial charge in [-0.25, -0.2) is 0 Å². The van der Waals surface area contributed by atoms with Crippen LogP contribution < -0.4 is 10.2 Å². The Bertz CT molecular complexity index is 433. The minimum atomic E-state index is -0.0691. The molecule has 1 aromatic rings. The van der Waals surface area contributed by atoms with Gasteiger partial charge in [0.15, 0.2) is 0 Å². The van der Waals surface area contributed by atoms with Gasteiger partial charge < -0.3 is 10.2 Å². The number of hydrogen-bond acceptors (Lipinski definition) is 2. The first-order valence-electron chi connectivity index (χ1n) is 6.08. The normalized spacial score (nSPS) is 13.4. The van der Waals surface area contributed by atoms with Crippen molar-refractivity contribution in [2.45, 2.75) is 13.5 Å². The first-order chi connectivity index (χ1) is 8.56. The van der Waals surface area contributed by atoms with E-state index < -0.39 is 0 Å². The molecular formula is C14H20N3O+. The van der Waals surface area contributed by atoms with E-state index in [0.29, 0.717) is 5.56 Å². The van der Waals surface area contributed by atoms with Crippen LogP contribution >= 0.6 is 0 Å². The topological polar surface area (TPSA) is 57.3 Å². The fraction of sp³-hybridized carbons (Fsp3) is 0.429. The van der Waals surface area contributed by atoms with Crippen LogP contribution in [-0.4, -0.2) is 26.5 Å². The Hall–Kier alpha value is -1.86. The molecule has 0 saturated heterocycles. The van der Waals surface area contributed by atoms with Gasteiger partial charge in [-0.2, -0.15) is 5.26 Å². The van der Waals surface area contributed by atoms with E-state index >= 15 is 0 Å². The molecule has 2 atom stereocenters. The van der Waals surface area contributed by atoms with E-state index in [2.05, 4.69) is 18.4 Å². The summed E-state index contributed by atoms with van der Waals surface area (Å²) < 4.78 is 0. The molecule has 0 heterocycles. The molecule has 0 aliphatic heterocycles. The van der Waals surface area contributed by atoms with Gasteiger partial charge >= 0.3 is 0 Å². The summed E-state index contributed by atoms with van der Waals surface area (Å²) in [6.07, 6.45) is 0. The Labute approximate surface area is 108 Å². The molecule has 0 bridgehead atoms. The van der Waals surface area contributed by atoms with Gasteiger partial charge in [0.2, 0.25) is 0 Å². The molecule has 1 aromatic carbocycles. The van der Waals surface area contributed by atoms with E-state index in [1.807, 2.05) is 31.2 Å². The van der Waals surface area contributed by atoms with Crippen LogP contribution in [0.3, 0.4) is 0 Å². The van der Waals surface area contributed by atoms with Crippen LogP contribution in [0.2, 0.25) is 0 Å². The van der Waals surface area contributed by atoms with Gasteiger partial charge in [0.05, 0.1) is 25.6 Å². The van der Waals surface area contributed by atoms with Crippen molar-refractivity contribution in [3.63, 3.8) is 0 Å². The lowest BCUT2D eigenvalue weighted by atomic mass is 10.1. The van der Waals surface area contributed by atoms with Crippen LogP contribution in [0.25, 0.3) is 0 Å². The number of quaternary nitrogens is 1. The number of nitriles is 1. The van der Waals surface area contributed by atoms with Crippen molar-refractivity contribution in [1.29, 1.82) is 5.26 Å². The molecule has 1 amide bonds. The second kappa shape index (κ2) is 6.77. The van der Waals surface area contributed by atoms with Crippen LogP contribution in [-0.2, 0) is 6.54 Å². The van der Waals surface area contributed by atoms with Gasteiger partial charge in [0.1, 0.15) is 6.54 Å². The number of nitrogens with one attached hydrogen (secondary N) is 2. The molecular weight excluding hydrogens is 226 g/mol. The summed E-state index contributed by atoms with van der Waals surface area (Å²) in [5.74, 6) is -0.00417. The summed E-state index contributed by atoms with van der Waals surface area (Å²) in [5, 5.41) is 11.4. The Morgan fingerprint density at radius 3 is 2.56 bits per heavy atom. The number of hydrogen-bond donors (Lipinski definition) is 2. The van der Waals surface area contributed by atoms with Gasteiger partial charge in [-0.3, -0.25) is 4.79 Å². The number of benzene rings is 1. The van der Waals surface area contributed by atoms with Crippen molar-refractivity contribution in [3.05, 3.63) is 35.4 Å². The van der Waals surface area contributed by atoms with Gasteiger partial charge in [0.25, 0.3) is 5.91 Å². The lowest BCUT2D eigenvalue weighted by molar-refractivity contribution is -0.896. The molecule has 1 unspecified atom stereocenters. The molecule has 0 saturated carbocycles. The average Bonchev–Trinajstić information content (AvgIpc) is 2.38. The summed E-state index contributed by atoms with van der Waals surface area (Å²) in [5.41, 5.74) is 1.84. The Morgan fingerprint density at radius 1 is 1.44 bits per heavy atom. The van der Waals surface area contributed by atoms with Gasteiger partial charge in [0, 0.05) is 18.2 Å². The number of nitrogens with zero attached hydrogens (tertiary/aromatic N) is 1. The average molecular weight is 246 g/mol. The summed E-state index contributed by atoms with van der Waals surface area (Å²) in [4.78, 5) is 12.7. The summed E-state index contributed by atoms with van der Waals surface area (Å²) in [6.45, 7) is 3.62. The third-order valence-corrected chi connectivity index (χ3v) is 2.82. The molecule has 0 aromatic heterocycles. The van der Waals surface area contributed by atoms with Crippen LogP contribution in [0.1, 0.15) is 22.8 Å². The van der Waals surface area contributed by atoms with E-state index in [9.17, 15) is 4.79 Å². The molecule has 4 heteroatoms. The third kappa shape index (κ3) is 4.19. The second-order valence-corrected chi connectivity index (χ2v) is 4.64. The van der Waals surface area contributed by atoms with Crippen molar-refractivity contribution in [2.24, 2.45) is 5.92 Å². The molecule has 2 N–H and O–H groups in total. The van der Waals surface area contributed by atoms with Crippen molar-refractivity contribution < 1.29 is 9.69 Å². The maximum Gasteiger partial charge on any atom is 0.251 e. The Morgan fingerprint density at radius 2 is 2.06 bits per heavy atom. The fourth-order valence-corrected chi connectivity index (χ4v) is 1.91. The van der Waals surface area contributed by atoms with E-state index in [0.717, 1.165) is 13.1 Å². The minimum Gasteiger partial charge on any atom is -0.355 e. The summed E-state index contributed by atoms with van der Waals surface area (Å²) >= 11 is 0. The molecule has 0 radical (unpaired) electrons. The van der Waals surface area contributed by atoms with E-state index in [1.165, 1.54) is 10.5 Å². The first kappa shape index (κ1) is 14.2. The molecule has 18 heavy (non-hydrogen) atoms. The van der Waals surface area contributed by atoms with Crippen molar-refractivity contribution in [2.75, 3.05) is 20.6 Å². The van der Waals surface area contributed by atoms with Gasteiger partial charge in [-0.1, -0.05) is 12.1 Å². The number of carbonyl (C=O) groups excluding carboxylic acids is 1. The number of amides is 1. The molecule has 96 valence electrons. The highest BCUT2D eigenvalue weighted by atomic mass is 16.1. The van der Waals surface area contributed by atoms with Crippen molar-refractivity contribution >= 4 is 5.91 Å². The van der Waals surface area contributed by atoms with Gasteiger partial charge in [-0.05, 0) is 19.1 Å². The smallest absolute Gasteiger partial charge is 0.251 e. The predicted molar refractivity (Wildman–Crippen MR) is 70.1 cm³/mol. The monoisotopic (exact) mass is 246 g/mol. The highest BCUT2D eigenvalue weighted by Gasteiger charge is 2.09. The van der Waals surface area contributed by atoms with E-state index in [-0.39, 0.29) is 11.8 Å². The van der Waals surface area contributed by atoms with Crippen LogP contribution in [0.4, 0.5) is 0 Å². The zero-order valence-corrected chi connectivity index (χ0v) is 11.2. The van der Waals surface area contributed by atoms with E-state index in [1.54, 1.807) is 7.05 Å². The zero-order valence-electron chi connectivity index (χ0n) is 11.2. The zero-order chi connectivity index (χ0) is 13.5. The minimum absolute atomic E-state index is 0.0649. The highest BCUT2D eigenvalue weighted by Crippen LogP contribution is 2.03. The summed E-state index contributed by atoms with van der Waals surface area (Å²) in [7, 11) is 3.69. The molecule has 0 spiro atoms. The molecule has 1 rings (SSSR count). The van der Waals surface area contributed by atoms with Crippen molar-refractivity contribution in [3.8, 4) is 6.07 Å². The molecule has 0 aliphatic carbocycles. The standard InChI is InChI=1S/C14H19N3O/c1-11(8-15)9-17(3)10-12-4-6-13(7-5-12)14(18)16-2/h4-7,11H,9-10H2,1-3H3,(H,16,18)/p+1/t11-/m0/s1. The summed E-state index contributed by atoms with van der Waals surface area (Å²) in [6, 6.07) is 9.82. The predicted octanol–water partition coefficient (Wildman–Crippen LogP) is 0.221. The number of carbonyl (C=O) groups is 1. The molecule has 0 aliphatic rings. The number of rotatable bonds is 5. The molecule has 4 nitrogen and oxygen atoms in total. The third-order valence-electron chi connectivity index (χ3n) is 2.82. The van der Waals surface area contributed by atoms with Crippen LogP contribution in [0, 0.1) is 17.2 Å². The highest BCUT2D eigenvalue weighted by molar-refractivity contribution is 5.93. The van der Waals surface area contributed by atoms with Gasteiger partial charge in [-0.15, -0.1) is 0 Å². The second-order valence-electron chi connectivity index (χ2n) is 4.64. The largest absolute Gasteiger partial charge is 0.355 e. The van der Waals surface area contributed by atoms with Crippen LogP contribution in [0.5, 0.6) is 0 Å². The SMILES string of the molecule is CNC(=O)c1ccc(C[NH+](C)C[C@@H](C)C#N)cc1. The first-order valence-corrected chi connectivity index (χ1v) is 6.08. The maximum atomic E-state index is 11.4. The Kier molecular flexibility index (Phi) is 5.34. The molecule has 0 fully saturated rings. The van der Waals surface area contributed by atoms with E-state index in [4.69, 9.17) is 5.26 Å². The Balaban J connectivity index is 2.59. The fourth-order valence-electron chi connectivity index (χ4n) is 1.91. The lowest BCUT2D eigenvalue weighted by Gasteiger charge is -2.15. The quantitative estimate of drug-likeness (QED) is 0.781. The van der Waals surface area contributed by atoms with Crippen LogP contribution in [0.15, 0.2) is 24.3 Å².